The van der Waals surface area contributed by atoms with E-state index in [2.05, 4.69) is 10.3 Å². The van der Waals surface area contributed by atoms with Gasteiger partial charge in [-0.2, -0.15) is 12.7 Å². The minimum Gasteiger partial charge on any atom is -0.478 e. The van der Waals surface area contributed by atoms with Crippen LogP contribution >= 0.6 is 24.0 Å². The number of benzene rings is 1. The van der Waals surface area contributed by atoms with Crippen LogP contribution in [0.3, 0.4) is 0 Å². The summed E-state index contributed by atoms with van der Waals surface area (Å²) in [6.07, 6.45) is 1.22. The van der Waals surface area contributed by atoms with Crippen LogP contribution < -0.4 is 9.62 Å². The Bertz CT molecular complexity index is 957. The molecule has 1 aliphatic heterocycles. The van der Waals surface area contributed by atoms with Crippen molar-refractivity contribution in [3.05, 3.63) is 58.9 Å². The molecule has 0 amide bonds. The highest BCUT2D eigenvalue weighted by Crippen LogP contribution is 2.26. The molecule has 2 aromatic rings. The summed E-state index contributed by atoms with van der Waals surface area (Å²) >= 11 is 6.08. The fourth-order valence-corrected chi connectivity index (χ4v) is 4.85. The lowest BCUT2D eigenvalue weighted by Crippen LogP contribution is -2.55. The molecule has 1 aromatic heterocycles. The Morgan fingerprint density at radius 2 is 2.14 bits per heavy atom. The van der Waals surface area contributed by atoms with Crippen molar-refractivity contribution < 1.29 is 18.3 Å². The number of hydrogen-bond donors (Lipinski definition) is 2. The van der Waals surface area contributed by atoms with E-state index < -0.39 is 16.2 Å². The first-order valence-electron chi connectivity index (χ1n) is 8.72. The second-order valence-corrected chi connectivity index (χ2v) is 8.84. The van der Waals surface area contributed by atoms with E-state index in [-0.39, 0.29) is 30.6 Å². The van der Waals surface area contributed by atoms with Gasteiger partial charge >= 0.3 is 16.2 Å². The molecule has 1 aromatic carbocycles. The molecule has 158 valence electrons. The molecule has 1 aliphatic rings. The van der Waals surface area contributed by atoms with Crippen molar-refractivity contribution in [3.63, 3.8) is 0 Å². The van der Waals surface area contributed by atoms with E-state index in [1.165, 1.54) is 26.9 Å². The van der Waals surface area contributed by atoms with Crippen LogP contribution in [0, 0.1) is 0 Å². The summed E-state index contributed by atoms with van der Waals surface area (Å²) in [6, 6.07) is 9.55. The number of pyridine rings is 1. The third-order valence-corrected chi connectivity index (χ3v) is 6.53. The topological polar surface area (TPSA) is 103 Å². The number of halogens is 2. The molecule has 0 aliphatic carbocycles. The second-order valence-electron chi connectivity index (χ2n) is 6.55. The zero-order valence-electron chi connectivity index (χ0n) is 15.7. The van der Waals surface area contributed by atoms with Crippen LogP contribution in [0.1, 0.15) is 23.0 Å². The largest absolute Gasteiger partial charge is 0.478 e. The maximum atomic E-state index is 13.4. The quantitative estimate of drug-likeness (QED) is 0.685. The summed E-state index contributed by atoms with van der Waals surface area (Å²) in [5.74, 6) is -1.09. The number of nitrogens with one attached hydrogen (secondary N) is 1. The monoisotopic (exact) mass is 460 g/mol. The number of carbonyl (C=O) groups is 1. The SMILES string of the molecule is C[C@H]1CN(S(=O)(=O)N(Cc2ccc(C(=O)O)cn2)c2cccc(Cl)c2)CCN1.Cl. The Labute approximate surface area is 181 Å². The van der Waals surface area contributed by atoms with E-state index in [1.807, 2.05) is 6.92 Å². The number of carboxylic acid groups (broad SMARTS) is 1. The summed E-state index contributed by atoms with van der Waals surface area (Å²) < 4.78 is 29.4. The molecule has 2 heterocycles. The first kappa shape index (κ1) is 23.4. The van der Waals surface area contributed by atoms with Crippen molar-refractivity contribution in [2.24, 2.45) is 0 Å². The molecular formula is C18H22Cl2N4O4S. The van der Waals surface area contributed by atoms with E-state index in [4.69, 9.17) is 16.7 Å². The lowest BCUT2D eigenvalue weighted by molar-refractivity contribution is 0.0696. The number of hydrogen-bond acceptors (Lipinski definition) is 5. The number of anilines is 1. The Morgan fingerprint density at radius 1 is 1.38 bits per heavy atom. The van der Waals surface area contributed by atoms with Crippen molar-refractivity contribution in [3.8, 4) is 0 Å². The molecule has 8 nitrogen and oxygen atoms in total. The van der Waals surface area contributed by atoms with Crippen molar-refractivity contribution >= 4 is 45.9 Å². The number of carboxylic acids is 1. The second kappa shape index (κ2) is 9.73. The summed E-state index contributed by atoms with van der Waals surface area (Å²) in [5, 5.41) is 12.7. The molecule has 3 rings (SSSR count). The van der Waals surface area contributed by atoms with E-state index in [9.17, 15) is 13.2 Å². The van der Waals surface area contributed by atoms with Crippen LogP contribution in [0.25, 0.3) is 0 Å². The van der Waals surface area contributed by atoms with E-state index in [0.717, 1.165) is 0 Å². The average molecular weight is 461 g/mol. The van der Waals surface area contributed by atoms with Gasteiger partial charge in [0.25, 0.3) is 0 Å². The van der Waals surface area contributed by atoms with Gasteiger partial charge in [0, 0.05) is 36.9 Å². The highest BCUT2D eigenvalue weighted by molar-refractivity contribution is 7.90. The van der Waals surface area contributed by atoms with Gasteiger partial charge in [0.1, 0.15) is 0 Å². The van der Waals surface area contributed by atoms with Crippen LogP contribution in [-0.4, -0.2) is 54.5 Å². The van der Waals surface area contributed by atoms with Gasteiger partial charge in [0.2, 0.25) is 0 Å². The van der Waals surface area contributed by atoms with Gasteiger partial charge in [-0.15, -0.1) is 12.4 Å². The van der Waals surface area contributed by atoms with Crippen molar-refractivity contribution in [2.45, 2.75) is 19.5 Å². The van der Waals surface area contributed by atoms with Gasteiger partial charge < -0.3 is 10.4 Å². The normalized spacial score (nSPS) is 17.4. The lowest BCUT2D eigenvalue weighted by Gasteiger charge is -2.35. The van der Waals surface area contributed by atoms with Crippen LogP contribution in [0.4, 0.5) is 5.69 Å². The predicted octanol–water partition coefficient (Wildman–Crippen LogP) is 2.40. The minimum atomic E-state index is -3.84. The third-order valence-electron chi connectivity index (χ3n) is 4.41. The predicted molar refractivity (Wildman–Crippen MR) is 114 cm³/mol. The maximum absolute atomic E-state index is 13.4. The zero-order valence-corrected chi connectivity index (χ0v) is 18.0. The van der Waals surface area contributed by atoms with Crippen LogP contribution in [0.15, 0.2) is 42.6 Å². The third kappa shape index (κ3) is 5.58. The Balaban J connectivity index is 0.00000300. The number of aromatic carboxylic acids is 1. The molecule has 11 heteroatoms. The first-order chi connectivity index (χ1) is 13.3. The molecule has 0 bridgehead atoms. The minimum absolute atomic E-state index is 0. The van der Waals surface area contributed by atoms with E-state index in [1.54, 1.807) is 24.3 Å². The molecule has 0 saturated carbocycles. The average Bonchev–Trinajstić information content (AvgIpc) is 2.66. The van der Waals surface area contributed by atoms with Gasteiger partial charge in [0.05, 0.1) is 23.5 Å². The van der Waals surface area contributed by atoms with Crippen molar-refractivity contribution in [1.29, 1.82) is 0 Å². The maximum Gasteiger partial charge on any atom is 0.337 e. The molecule has 2 N–H and O–H groups in total. The number of aromatic nitrogens is 1. The molecule has 1 fully saturated rings. The summed E-state index contributed by atoms with van der Waals surface area (Å²) in [5.41, 5.74) is 0.886. The smallest absolute Gasteiger partial charge is 0.337 e. The molecular weight excluding hydrogens is 439 g/mol. The van der Waals surface area contributed by atoms with E-state index >= 15 is 0 Å². The number of piperazine rings is 1. The molecule has 0 radical (unpaired) electrons. The Morgan fingerprint density at radius 3 is 2.72 bits per heavy atom. The van der Waals surface area contributed by atoms with Crippen LogP contribution in [0.5, 0.6) is 0 Å². The molecule has 0 spiro atoms. The Hall–Kier alpha value is -1.91. The van der Waals surface area contributed by atoms with Crippen LogP contribution in [0.2, 0.25) is 5.02 Å². The highest BCUT2D eigenvalue weighted by atomic mass is 35.5. The van der Waals surface area contributed by atoms with E-state index in [0.29, 0.717) is 36.0 Å². The standard InChI is InChI=1S/C18H21ClN4O4S.ClH/c1-13-11-22(8-7-20-13)28(26,27)23(17-4-2-3-15(19)9-17)12-16-6-5-14(10-21-16)18(24)25;/h2-6,9-10,13,20H,7-8,11-12H2,1H3,(H,24,25);1H/t13-;/m0./s1. The Kier molecular flexibility index (Phi) is 7.84. The molecule has 1 saturated heterocycles. The number of nitrogens with zero attached hydrogens (tertiary/aromatic N) is 3. The molecule has 29 heavy (non-hydrogen) atoms. The number of rotatable bonds is 6. The van der Waals surface area contributed by atoms with Crippen LogP contribution in [-0.2, 0) is 16.8 Å². The van der Waals surface area contributed by atoms with Gasteiger partial charge in [-0.3, -0.25) is 9.29 Å². The summed E-state index contributed by atoms with van der Waals surface area (Å²) in [4.78, 5) is 15.1. The lowest BCUT2D eigenvalue weighted by atomic mass is 10.2. The van der Waals surface area contributed by atoms with Gasteiger partial charge in [0.15, 0.2) is 0 Å². The van der Waals surface area contributed by atoms with Gasteiger partial charge in [-0.1, -0.05) is 17.7 Å². The zero-order chi connectivity index (χ0) is 20.3. The summed E-state index contributed by atoms with van der Waals surface area (Å²) in [6.45, 7) is 3.16. The molecule has 1 atom stereocenters. The molecule has 0 unspecified atom stereocenters. The fourth-order valence-electron chi connectivity index (χ4n) is 2.97. The first-order valence-corrected chi connectivity index (χ1v) is 10.5. The van der Waals surface area contributed by atoms with Crippen molar-refractivity contribution in [2.75, 3.05) is 23.9 Å². The van der Waals surface area contributed by atoms with Crippen molar-refractivity contribution in [1.82, 2.24) is 14.6 Å². The highest BCUT2D eigenvalue weighted by Gasteiger charge is 2.33. The summed E-state index contributed by atoms with van der Waals surface area (Å²) in [7, 11) is -3.84. The van der Waals surface area contributed by atoms with Gasteiger partial charge in [-0.25, -0.2) is 4.79 Å². The fraction of sp³-hybridized carbons (Fsp3) is 0.333. The van der Waals surface area contributed by atoms with Gasteiger partial charge in [-0.05, 0) is 37.3 Å².